The SMILES string of the molecule is O=S(=O)(NC(CC1=NCCN1)C1=NCCN1)c1ccccc1. The Hall–Kier alpha value is -1.93. The lowest BCUT2D eigenvalue weighted by Gasteiger charge is -2.19. The molecule has 1 unspecified atom stereocenters. The summed E-state index contributed by atoms with van der Waals surface area (Å²) >= 11 is 0. The molecule has 1 aromatic rings. The first-order valence-electron chi connectivity index (χ1n) is 7.28. The Kier molecular flexibility index (Phi) is 4.39. The van der Waals surface area contributed by atoms with Crippen molar-refractivity contribution >= 4 is 21.7 Å². The van der Waals surface area contributed by atoms with E-state index in [4.69, 9.17) is 0 Å². The van der Waals surface area contributed by atoms with Crippen LogP contribution in [0.4, 0.5) is 0 Å². The second-order valence-electron chi connectivity index (χ2n) is 5.14. The van der Waals surface area contributed by atoms with E-state index in [9.17, 15) is 8.42 Å². The standard InChI is InChI=1S/C14H19N5O2S/c20-22(21,11-4-2-1-3-5-11)19-12(14-17-8-9-18-14)10-13-15-6-7-16-13/h1-5,12,19H,6-10H2,(H,15,16)(H,17,18). The van der Waals surface area contributed by atoms with Crippen molar-refractivity contribution < 1.29 is 8.42 Å². The normalized spacial score (nSPS) is 19.1. The highest BCUT2D eigenvalue weighted by atomic mass is 32.2. The molecule has 2 aliphatic rings. The summed E-state index contributed by atoms with van der Waals surface area (Å²) in [5.74, 6) is 1.49. The molecule has 0 aliphatic carbocycles. The van der Waals surface area contributed by atoms with Crippen LogP contribution >= 0.6 is 0 Å². The molecule has 0 bridgehead atoms. The van der Waals surface area contributed by atoms with E-state index in [0.29, 0.717) is 18.8 Å². The van der Waals surface area contributed by atoms with Crippen LogP contribution in [-0.4, -0.2) is 52.3 Å². The maximum Gasteiger partial charge on any atom is 0.241 e. The highest BCUT2D eigenvalue weighted by molar-refractivity contribution is 7.89. The fourth-order valence-electron chi connectivity index (χ4n) is 2.48. The maximum atomic E-state index is 12.5. The molecule has 7 nitrogen and oxygen atoms in total. The highest BCUT2D eigenvalue weighted by Crippen LogP contribution is 2.11. The molecular formula is C14H19N5O2S. The Balaban J connectivity index is 1.80. The Morgan fingerprint density at radius 1 is 1.09 bits per heavy atom. The maximum absolute atomic E-state index is 12.5. The molecular weight excluding hydrogens is 302 g/mol. The van der Waals surface area contributed by atoms with Crippen molar-refractivity contribution in [1.29, 1.82) is 0 Å². The lowest BCUT2D eigenvalue weighted by atomic mass is 10.2. The zero-order valence-corrected chi connectivity index (χ0v) is 12.9. The van der Waals surface area contributed by atoms with Gasteiger partial charge >= 0.3 is 0 Å². The quantitative estimate of drug-likeness (QED) is 0.672. The summed E-state index contributed by atoms with van der Waals surface area (Å²) in [5, 5.41) is 6.31. The first-order chi connectivity index (χ1) is 10.6. The number of hydrogen-bond donors (Lipinski definition) is 3. The van der Waals surface area contributed by atoms with Gasteiger partial charge in [0.05, 0.1) is 29.9 Å². The predicted octanol–water partition coefficient (Wildman–Crippen LogP) is -0.273. The third-order valence-electron chi connectivity index (χ3n) is 3.52. The summed E-state index contributed by atoms with van der Waals surface area (Å²) in [5.41, 5.74) is 0. The highest BCUT2D eigenvalue weighted by Gasteiger charge is 2.27. The van der Waals surface area contributed by atoms with Crippen molar-refractivity contribution in [3.05, 3.63) is 30.3 Å². The average molecular weight is 321 g/mol. The zero-order chi connectivity index (χ0) is 15.4. The van der Waals surface area contributed by atoms with Crippen LogP contribution in [0.1, 0.15) is 6.42 Å². The minimum absolute atomic E-state index is 0.250. The summed E-state index contributed by atoms with van der Waals surface area (Å²) in [6, 6.07) is 7.92. The molecule has 0 saturated heterocycles. The third-order valence-corrected chi connectivity index (χ3v) is 5.01. The Bertz CT molecular complexity index is 684. The Morgan fingerprint density at radius 2 is 1.82 bits per heavy atom. The predicted molar refractivity (Wildman–Crippen MR) is 85.8 cm³/mol. The number of nitrogens with zero attached hydrogens (tertiary/aromatic N) is 2. The molecule has 0 amide bonds. The molecule has 2 aliphatic heterocycles. The van der Waals surface area contributed by atoms with E-state index in [0.717, 1.165) is 25.5 Å². The van der Waals surface area contributed by atoms with Crippen molar-refractivity contribution in [3.8, 4) is 0 Å². The Morgan fingerprint density at radius 3 is 2.45 bits per heavy atom. The summed E-state index contributed by atoms with van der Waals surface area (Å²) in [6.07, 6.45) is 0.470. The van der Waals surface area contributed by atoms with Crippen LogP contribution in [0.2, 0.25) is 0 Å². The summed E-state index contributed by atoms with van der Waals surface area (Å²) < 4.78 is 27.8. The average Bonchev–Trinajstić information content (AvgIpc) is 3.21. The van der Waals surface area contributed by atoms with Gasteiger partial charge < -0.3 is 10.6 Å². The third kappa shape index (κ3) is 3.45. The number of hydrogen-bond acceptors (Lipinski definition) is 6. The van der Waals surface area contributed by atoms with Gasteiger partial charge in [-0.05, 0) is 12.1 Å². The van der Waals surface area contributed by atoms with Gasteiger partial charge in [0.1, 0.15) is 5.84 Å². The van der Waals surface area contributed by atoms with Crippen LogP contribution in [0.3, 0.4) is 0 Å². The summed E-state index contributed by atoms with van der Waals surface area (Å²) in [4.78, 5) is 8.94. The zero-order valence-electron chi connectivity index (χ0n) is 12.1. The number of sulfonamides is 1. The van der Waals surface area contributed by atoms with Crippen molar-refractivity contribution in [1.82, 2.24) is 15.4 Å². The molecule has 118 valence electrons. The largest absolute Gasteiger partial charge is 0.372 e. The van der Waals surface area contributed by atoms with Gasteiger partial charge in [-0.1, -0.05) is 18.2 Å². The van der Waals surface area contributed by atoms with E-state index >= 15 is 0 Å². The van der Waals surface area contributed by atoms with Crippen LogP contribution < -0.4 is 15.4 Å². The topological polar surface area (TPSA) is 95.0 Å². The number of amidine groups is 2. The van der Waals surface area contributed by atoms with Gasteiger partial charge in [-0.3, -0.25) is 9.98 Å². The van der Waals surface area contributed by atoms with Crippen LogP contribution in [0.25, 0.3) is 0 Å². The second kappa shape index (κ2) is 6.45. The molecule has 0 spiro atoms. The first kappa shape index (κ1) is 15.0. The van der Waals surface area contributed by atoms with Gasteiger partial charge in [0.2, 0.25) is 10.0 Å². The smallest absolute Gasteiger partial charge is 0.241 e. The minimum Gasteiger partial charge on any atom is -0.372 e. The monoisotopic (exact) mass is 321 g/mol. The molecule has 0 radical (unpaired) electrons. The van der Waals surface area contributed by atoms with Crippen LogP contribution in [-0.2, 0) is 10.0 Å². The van der Waals surface area contributed by atoms with Gasteiger partial charge in [0, 0.05) is 19.5 Å². The van der Waals surface area contributed by atoms with Crippen molar-refractivity contribution in [2.45, 2.75) is 17.4 Å². The molecule has 2 heterocycles. The number of nitrogens with one attached hydrogen (secondary N) is 3. The number of rotatable bonds is 6. The number of benzene rings is 1. The molecule has 0 aromatic heterocycles. The first-order valence-corrected chi connectivity index (χ1v) is 8.76. The van der Waals surface area contributed by atoms with E-state index in [2.05, 4.69) is 25.3 Å². The number of aliphatic imine (C=N–C) groups is 2. The van der Waals surface area contributed by atoms with Crippen molar-refractivity contribution in [2.75, 3.05) is 26.2 Å². The molecule has 3 rings (SSSR count). The lowest BCUT2D eigenvalue weighted by Crippen LogP contribution is -2.47. The van der Waals surface area contributed by atoms with E-state index in [1.807, 2.05) is 0 Å². The van der Waals surface area contributed by atoms with E-state index in [-0.39, 0.29) is 4.90 Å². The fraction of sp³-hybridized carbons (Fsp3) is 0.429. The fourth-order valence-corrected chi connectivity index (χ4v) is 3.70. The minimum atomic E-state index is -3.59. The van der Waals surface area contributed by atoms with Gasteiger partial charge in [0.25, 0.3) is 0 Å². The van der Waals surface area contributed by atoms with Gasteiger partial charge in [-0.2, -0.15) is 0 Å². The van der Waals surface area contributed by atoms with E-state index in [1.165, 1.54) is 0 Å². The lowest BCUT2D eigenvalue weighted by molar-refractivity contribution is 0.575. The summed E-state index contributed by atoms with van der Waals surface area (Å²) in [6.45, 7) is 2.93. The molecule has 1 atom stereocenters. The second-order valence-corrected chi connectivity index (χ2v) is 6.85. The van der Waals surface area contributed by atoms with E-state index < -0.39 is 16.1 Å². The van der Waals surface area contributed by atoms with E-state index in [1.54, 1.807) is 30.3 Å². The molecule has 0 fully saturated rings. The van der Waals surface area contributed by atoms with Crippen LogP contribution in [0.5, 0.6) is 0 Å². The molecule has 3 N–H and O–H groups in total. The summed E-state index contributed by atoms with van der Waals surface area (Å²) in [7, 11) is -3.59. The van der Waals surface area contributed by atoms with Crippen molar-refractivity contribution in [2.24, 2.45) is 9.98 Å². The van der Waals surface area contributed by atoms with Crippen molar-refractivity contribution in [3.63, 3.8) is 0 Å². The van der Waals surface area contributed by atoms with Gasteiger partial charge in [0.15, 0.2) is 0 Å². The van der Waals surface area contributed by atoms with Crippen LogP contribution in [0.15, 0.2) is 45.2 Å². The van der Waals surface area contributed by atoms with Gasteiger partial charge in [-0.25, -0.2) is 13.1 Å². The molecule has 8 heteroatoms. The van der Waals surface area contributed by atoms with Gasteiger partial charge in [-0.15, -0.1) is 0 Å². The Labute approximate surface area is 130 Å². The van der Waals surface area contributed by atoms with Crippen LogP contribution in [0, 0.1) is 0 Å². The molecule has 1 aromatic carbocycles. The molecule has 22 heavy (non-hydrogen) atoms. The molecule has 0 saturated carbocycles.